The van der Waals surface area contributed by atoms with E-state index < -0.39 is 0 Å². The topological polar surface area (TPSA) is 23.8 Å². The maximum absolute atomic E-state index is 13.2. The molecule has 0 aliphatic rings. The van der Waals surface area contributed by atoms with Crippen LogP contribution in [0.3, 0.4) is 0 Å². The normalized spacial score (nSPS) is 12.2. The van der Waals surface area contributed by atoms with Crippen LogP contribution in [-0.4, -0.2) is 0 Å². The van der Waals surface area contributed by atoms with E-state index in [1.165, 1.54) is 6.07 Å². The lowest BCUT2D eigenvalue weighted by Crippen LogP contribution is -1.95. The Morgan fingerprint density at radius 1 is 1.38 bits per heavy atom. The first-order valence-corrected chi connectivity index (χ1v) is 4.22. The standard InChI is InChI=1S/C11H12FN/c1-7-4-10(8(2)6-13)5-11(12)9(7)3/h4-5,8H,1-3H3. The summed E-state index contributed by atoms with van der Waals surface area (Å²) < 4.78 is 13.2. The highest BCUT2D eigenvalue weighted by atomic mass is 19.1. The van der Waals surface area contributed by atoms with Gasteiger partial charge in [-0.2, -0.15) is 5.26 Å². The van der Waals surface area contributed by atoms with Crippen molar-refractivity contribution in [3.05, 3.63) is 34.6 Å². The molecule has 0 amide bonds. The smallest absolute Gasteiger partial charge is 0.126 e. The highest BCUT2D eigenvalue weighted by Gasteiger charge is 2.08. The lowest BCUT2D eigenvalue weighted by molar-refractivity contribution is 0.613. The molecule has 0 N–H and O–H groups in total. The molecule has 1 aromatic rings. The highest BCUT2D eigenvalue weighted by molar-refractivity contribution is 5.34. The molecule has 1 nitrogen and oxygen atoms in total. The van der Waals surface area contributed by atoms with Crippen LogP contribution in [0.4, 0.5) is 4.39 Å². The molecule has 0 saturated heterocycles. The Morgan fingerprint density at radius 3 is 2.46 bits per heavy atom. The van der Waals surface area contributed by atoms with Crippen LogP contribution < -0.4 is 0 Å². The molecule has 0 aliphatic heterocycles. The van der Waals surface area contributed by atoms with Crippen molar-refractivity contribution in [3.8, 4) is 6.07 Å². The predicted molar refractivity (Wildman–Crippen MR) is 49.9 cm³/mol. The van der Waals surface area contributed by atoms with E-state index in [0.29, 0.717) is 5.56 Å². The summed E-state index contributed by atoms with van der Waals surface area (Å²) in [6.07, 6.45) is 0. The Labute approximate surface area is 77.8 Å². The third-order valence-electron chi connectivity index (χ3n) is 2.32. The number of rotatable bonds is 1. The second-order valence-electron chi connectivity index (χ2n) is 3.30. The monoisotopic (exact) mass is 177 g/mol. The molecule has 0 aromatic heterocycles. The van der Waals surface area contributed by atoms with Crippen molar-refractivity contribution in [2.75, 3.05) is 0 Å². The van der Waals surface area contributed by atoms with E-state index in [0.717, 1.165) is 11.1 Å². The fraction of sp³-hybridized carbons (Fsp3) is 0.364. The summed E-state index contributed by atoms with van der Waals surface area (Å²) in [5, 5.41) is 8.67. The largest absolute Gasteiger partial charge is 0.207 e. The van der Waals surface area contributed by atoms with E-state index in [9.17, 15) is 4.39 Å². The minimum absolute atomic E-state index is 0.225. The molecule has 0 fully saturated rings. The van der Waals surface area contributed by atoms with E-state index >= 15 is 0 Å². The molecule has 0 radical (unpaired) electrons. The first-order chi connectivity index (χ1) is 6.06. The van der Waals surface area contributed by atoms with Crippen molar-refractivity contribution in [3.63, 3.8) is 0 Å². The van der Waals surface area contributed by atoms with Gasteiger partial charge in [0.1, 0.15) is 5.82 Å². The van der Waals surface area contributed by atoms with Crippen LogP contribution in [0.5, 0.6) is 0 Å². The molecule has 2 heteroatoms. The molecule has 1 rings (SSSR count). The Morgan fingerprint density at radius 2 is 2.00 bits per heavy atom. The Balaban J connectivity index is 3.22. The summed E-state index contributed by atoms with van der Waals surface area (Å²) in [6.45, 7) is 5.36. The van der Waals surface area contributed by atoms with Crippen molar-refractivity contribution < 1.29 is 4.39 Å². The molecule has 68 valence electrons. The molecule has 0 aliphatic carbocycles. The summed E-state index contributed by atoms with van der Waals surface area (Å²) in [6, 6.07) is 5.40. The summed E-state index contributed by atoms with van der Waals surface area (Å²) in [5.74, 6) is -0.467. The van der Waals surface area contributed by atoms with Gasteiger partial charge in [0, 0.05) is 0 Å². The van der Waals surface area contributed by atoms with Gasteiger partial charge in [-0.3, -0.25) is 0 Å². The van der Waals surface area contributed by atoms with E-state index in [2.05, 4.69) is 6.07 Å². The quantitative estimate of drug-likeness (QED) is 0.646. The van der Waals surface area contributed by atoms with E-state index in [-0.39, 0.29) is 11.7 Å². The van der Waals surface area contributed by atoms with Crippen LogP contribution in [0.25, 0.3) is 0 Å². The Kier molecular flexibility index (Phi) is 2.67. The highest BCUT2D eigenvalue weighted by Crippen LogP contribution is 2.20. The molecule has 1 atom stereocenters. The van der Waals surface area contributed by atoms with Gasteiger partial charge in [0.15, 0.2) is 0 Å². The second kappa shape index (κ2) is 3.57. The van der Waals surface area contributed by atoms with Crippen LogP contribution in [-0.2, 0) is 0 Å². The second-order valence-corrected chi connectivity index (χ2v) is 3.30. The third-order valence-corrected chi connectivity index (χ3v) is 2.32. The SMILES string of the molecule is Cc1cc(C(C)C#N)cc(F)c1C. The number of hydrogen-bond donors (Lipinski definition) is 0. The van der Waals surface area contributed by atoms with Gasteiger partial charge in [0.05, 0.1) is 12.0 Å². The third kappa shape index (κ3) is 1.86. The van der Waals surface area contributed by atoms with Gasteiger partial charge >= 0.3 is 0 Å². The molecule has 13 heavy (non-hydrogen) atoms. The van der Waals surface area contributed by atoms with Crippen LogP contribution in [0.2, 0.25) is 0 Å². The minimum atomic E-state index is -0.242. The van der Waals surface area contributed by atoms with Crippen molar-refractivity contribution >= 4 is 0 Å². The van der Waals surface area contributed by atoms with E-state index in [1.54, 1.807) is 13.8 Å². The fourth-order valence-corrected chi connectivity index (χ4v) is 1.17. The minimum Gasteiger partial charge on any atom is -0.207 e. The zero-order valence-electron chi connectivity index (χ0n) is 8.06. The number of aryl methyl sites for hydroxylation is 1. The number of halogens is 1. The number of benzene rings is 1. The maximum Gasteiger partial charge on any atom is 0.126 e. The van der Waals surface area contributed by atoms with Gasteiger partial charge in [-0.15, -0.1) is 0 Å². The van der Waals surface area contributed by atoms with Gasteiger partial charge in [-0.25, -0.2) is 4.39 Å². The van der Waals surface area contributed by atoms with Crippen molar-refractivity contribution in [2.24, 2.45) is 0 Å². The first-order valence-electron chi connectivity index (χ1n) is 4.22. The van der Waals surface area contributed by atoms with Crippen LogP contribution >= 0.6 is 0 Å². The summed E-state index contributed by atoms with van der Waals surface area (Å²) in [5.41, 5.74) is 2.31. The van der Waals surface area contributed by atoms with E-state index in [1.807, 2.05) is 13.0 Å². The van der Waals surface area contributed by atoms with Crippen LogP contribution in [0, 0.1) is 31.0 Å². The average molecular weight is 177 g/mol. The van der Waals surface area contributed by atoms with Gasteiger partial charge in [0.25, 0.3) is 0 Å². The predicted octanol–water partition coefficient (Wildman–Crippen LogP) is 3.07. The lowest BCUT2D eigenvalue weighted by Gasteiger charge is -2.07. The molecule has 1 aromatic carbocycles. The number of hydrogen-bond acceptors (Lipinski definition) is 1. The van der Waals surface area contributed by atoms with Gasteiger partial charge < -0.3 is 0 Å². The average Bonchev–Trinajstić information content (AvgIpc) is 2.12. The lowest BCUT2D eigenvalue weighted by atomic mass is 9.98. The molecule has 0 heterocycles. The van der Waals surface area contributed by atoms with Gasteiger partial charge in [-0.1, -0.05) is 6.07 Å². The summed E-state index contributed by atoms with van der Waals surface area (Å²) >= 11 is 0. The molecule has 0 spiro atoms. The zero-order chi connectivity index (χ0) is 10.0. The van der Waals surface area contributed by atoms with Crippen LogP contribution in [0.1, 0.15) is 29.5 Å². The fourth-order valence-electron chi connectivity index (χ4n) is 1.17. The van der Waals surface area contributed by atoms with Crippen molar-refractivity contribution in [2.45, 2.75) is 26.7 Å². The first kappa shape index (κ1) is 9.73. The molecule has 1 unspecified atom stereocenters. The Hall–Kier alpha value is -1.36. The number of nitriles is 1. The van der Waals surface area contributed by atoms with Gasteiger partial charge in [0.2, 0.25) is 0 Å². The van der Waals surface area contributed by atoms with Crippen LogP contribution in [0.15, 0.2) is 12.1 Å². The summed E-state index contributed by atoms with van der Waals surface area (Å²) in [7, 11) is 0. The molecule has 0 saturated carbocycles. The molecular formula is C11H12FN. The van der Waals surface area contributed by atoms with E-state index in [4.69, 9.17) is 5.26 Å². The summed E-state index contributed by atoms with van der Waals surface area (Å²) in [4.78, 5) is 0. The number of nitrogens with zero attached hydrogens (tertiary/aromatic N) is 1. The van der Waals surface area contributed by atoms with Gasteiger partial charge in [-0.05, 0) is 43.5 Å². The van der Waals surface area contributed by atoms with Crippen molar-refractivity contribution in [1.82, 2.24) is 0 Å². The molecule has 0 bridgehead atoms. The zero-order valence-corrected chi connectivity index (χ0v) is 8.06. The molecular weight excluding hydrogens is 165 g/mol. The Bertz CT molecular complexity index is 340. The van der Waals surface area contributed by atoms with Crippen molar-refractivity contribution in [1.29, 1.82) is 5.26 Å². The maximum atomic E-state index is 13.2.